The number of anilines is 1. The number of fused-ring (bicyclic) bond motifs is 2. The maximum atomic E-state index is 12.4. The van der Waals surface area contributed by atoms with E-state index in [2.05, 4.69) is 4.98 Å². The van der Waals surface area contributed by atoms with Gasteiger partial charge >= 0.3 is 0 Å². The predicted molar refractivity (Wildman–Crippen MR) is 74.7 cm³/mol. The summed E-state index contributed by atoms with van der Waals surface area (Å²) in [5, 5.41) is 0. The molecule has 1 amide bonds. The van der Waals surface area contributed by atoms with E-state index in [1.807, 2.05) is 6.07 Å². The summed E-state index contributed by atoms with van der Waals surface area (Å²) < 4.78 is 25.4. The van der Waals surface area contributed by atoms with Gasteiger partial charge in [-0.15, -0.1) is 0 Å². The standard InChI is InChI=1S/C13H17N3O3S/c1-20(18,19)16-10-4-5-12(16)9-15(13(17)7-10)11-3-2-6-14-8-11/h2-3,6,8,10,12H,4-5,7,9H2,1H3/t10-,12+/m1/s1. The van der Waals surface area contributed by atoms with Gasteiger partial charge in [-0.1, -0.05) is 0 Å². The van der Waals surface area contributed by atoms with Gasteiger partial charge in [0, 0.05) is 31.2 Å². The lowest BCUT2D eigenvalue weighted by Gasteiger charge is -2.26. The van der Waals surface area contributed by atoms with Crippen LogP contribution in [0.2, 0.25) is 0 Å². The highest BCUT2D eigenvalue weighted by Gasteiger charge is 2.44. The SMILES string of the molecule is CS(=O)(=O)N1[C@@H]2CC[C@H]1CN(c1cccnc1)C(=O)C2. The van der Waals surface area contributed by atoms with E-state index >= 15 is 0 Å². The van der Waals surface area contributed by atoms with E-state index in [4.69, 9.17) is 0 Å². The maximum absolute atomic E-state index is 12.4. The summed E-state index contributed by atoms with van der Waals surface area (Å²) in [6, 6.07) is 3.29. The molecule has 1 aromatic rings. The van der Waals surface area contributed by atoms with Gasteiger partial charge in [0.15, 0.2) is 0 Å². The molecule has 2 fully saturated rings. The Balaban J connectivity index is 1.94. The largest absolute Gasteiger partial charge is 0.309 e. The zero-order chi connectivity index (χ0) is 14.3. The number of carbonyl (C=O) groups excluding carboxylic acids is 1. The molecule has 3 rings (SSSR count). The Morgan fingerprint density at radius 2 is 2.05 bits per heavy atom. The maximum Gasteiger partial charge on any atom is 0.228 e. The third-order valence-electron chi connectivity index (χ3n) is 4.00. The highest BCUT2D eigenvalue weighted by Crippen LogP contribution is 2.34. The summed E-state index contributed by atoms with van der Waals surface area (Å²) in [6.07, 6.45) is 6.34. The molecule has 0 aliphatic carbocycles. The van der Waals surface area contributed by atoms with Crippen LogP contribution in [0.15, 0.2) is 24.5 Å². The van der Waals surface area contributed by atoms with E-state index < -0.39 is 10.0 Å². The van der Waals surface area contributed by atoms with Crippen LogP contribution in [-0.4, -0.2) is 48.5 Å². The Hall–Kier alpha value is -1.47. The van der Waals surface area contributed by atoms with Crippen LogP contribution in [0.25, 0.3) is 0 Å². The van der Waals surface area contributed by atoms with Gasteiger partial charge in [-0.2, -0.15) is 4.31 Å². The number of carbonyl (C=O) groups is 1. The number of hydrogen-bond acceptors (Lipinski definition) is 4. The number of sulfonamides is 1. The van der Waals surface area contributed by atoms with Gasteiger partial charge < -0.3 is 4.90 Å². The molecule has 0 saturated carbocycles. The number of aromatic nitrogens is 1. The summed E-state index contributed by atoms with van der Waals surface area (Å²) in [7, 11) is -3.28. The Kier molecular flexibility index (Phi) is 3.25. The summed E-state index contributed by atoms with van der Waals surface area (Å²) in [4.78, 5) is 18.0. The van der Waals surface area contributed by atoms with Crippen LogP contribution in [-0.2, 0) is 14.8 Å². The van der Waals surface area contributed by atoms with Gasteiger partial charge in [-0.25, -0.2) is 8.42 Å². The smallest absolute Gasteiger partial charge is 0.228 e. The van der Waals surface area contributed by atoms with Crippen molar-refractivity contribution in [1.29, 1.82) is 0 Å². The van der Waals surface area contributed by atoms with Gasteiger partial charge in [-0.3, -0.25) is 9.78 Å². The first kappa shape index (κ1) is 13.5. The Morgan fingerprint density at radius 1 is 1.30 bits per heavy atom. The highest BCUT2D eigenvalue weighted by atomic mass is 32.2. The number of pyridine rings is 1. The van der Waals surface area contributed by atoms with Crippen molar-refractivity contribution >= 4 is 21.6 Å². The molecule has 108 valence electrons. The van der Waals surface area contributed by atoms with Gasteiger partial charge in [0.05, 0.1) is 18.1 Å². The van der Waals surface area contributed by atoms with E-state index in [-0.39, 0.29) is 24.4 Å². The molecule has 2 aliphatic heterocycles. The van der Waals surface area contributed by atoms with Crippen LogP contribution in [0.4, 0.5) is 5.69 Å². The summed E-state index contributed by atoms with van der Waals surface area (Å²) in [5.74, 6) is -0.0288. The summed E-state index contributed by atoms with van der Waals surface area (Å²) in [5.41, 5.74) is 0.735. The van der Waals surface area contributed by atoms with Gasteiger partial charge in [0.25, 0.3) is 0 Å². The third-order valence-corrected chi connectivity index (χ3v) is 5.36. The van der Waals surface area contributed by atoms with E-state index in [0.717, 1.165) is 18.5 Å². The average Bonchev–Trinajstić information content (AvgIpc) is 2.71. The average molecular weight is 295 g/mol. The second kappa shape index (κ2) is 4.82. The fourth-order valence-electron chi connectivity index (χ4n) is 3.23. The Bertz CT molecular complexity index is 617. The van der Waals surface area contributed by atoms with Crippen molar-refractivity contribution in [2.24, 2.45) is 0 Å². The van der Waals surface area contributed by atoms with E-state index in [1.165, 1.54) is 10.6 Å². The first-order chi connectivity index (χ1) is 9.47. The molecule has 0 spiro atoms. The van der Waals surface area contributed by atoms with E-state index in [9.17, 15) is 13.2 Å². The molecule has 1 aromatic heterocycles. The molecule has 0 N–H and O–H groups in total. The van der Waals surface area contributed by atoms with E-state index in [0.29, 0.717) is 6.54 Å². The molecule has 20 heavy (non-hydrogen) atoms. The van der Waals surface area contributed by atoms with Crippen molar-refractivity contribution in [3.05, 3.63) is 24.5 Å². The molecule has 2 bridgehead atoms. The predicted octanol–water partition coefficient (Wildman–Crippen LogP) is 0.611. The normalized spacial score (nSPS) is 27.6. The van der Waals surface area contributed by atoms with Crippen LogP contribution in [0.3, 0.4) is 0 Å². The summed E-state index contributed by atoms with van der Waals surface area (Å²) in [6.45, 7) is 0.411. The quantitative estimate of drug-likeness (QED) is 0.801. The minimum atomic E-state index is -3.28. The lowest BCUT2D eigenvalue weighted by molar-refractivity contribution is -0.118. The molecule has 2 saturated heterocycles. The molecule has 2 atom stereocenters. The topological polar surface area (TPSA) is 70.6 Å². The van der Waals surface area contributed by atoms with Crippen molar-refractivity contribution in [2.75, 3.05) is 17.7 Å². The lowest BCUT2D eigenvalue weighted by Crippen LogP contribution is -2.42. The van der Waals surface area contributed by atoms with Crippen LogP contribution >= 0.6 is 0 Å². The summed E-state index contributed by atoms with van der Waals surface area (Å²) >= 11 is 0. The molecular formula is C13H17N3O3S. The molecule has 3 heterocycles. The minimum Gasteiger partial charge on any atom is -0.309 e. The fraction of sp³-hybridized carbons (Fsp3) is 0.538. The first-order valence-corrected chi connectivity index (χ1v) is 8.50. The molecule has 0 aromatic carbocycles. The van der Waals surface area contributed by atoms with Crippen molar-refractivity contribution in [3.63, 3.8) is 0 Å². The fourth-order valence-corrected chi connectivity index (χ4v) is 4.67. The Morgan fingerprint density at radius 3 is 2.70 bits per heavy atom. The van der Waals surface area contributed by atoms with Gasteiger partial charge in [-0.05, 0) is 25.0 Å². The zero-order valence-corrected chi connectivity index (χ0v) is 12.1. The van der Waals surface area contributed by atoms with Crippen molar-refractivity contribution in [2.45, 2.75) is 31.3 Å². The van der Waals surface area contributed by atoms with Crippen LogP contribution in [0, 0.1) is 0 Å². The van der Waals surface area contributed by atoms with Crippen molar-refractivity contribution < 1.29 is 13.2 Å². The number of rotatable bonds is 2. The van der Waals surface area contributed by atoms with Crippen LogP contribution < -0.4 is 4.90 Å². The minimum absolute atomic E-state index is 0.0288. The van der Waals surface area contributed by atoms with Crippen LogP contribution in [0.1, 0.15) is 19.3 Å². The van der Waals surface area contributed by atoms with Crippen molar-refractivity contribution in [1.82, 2.24) is 9.29 Å². The van der Waals surface area contributed by atoms with Crippen LogP contribution in [0.5, 0.6) is 0 Å². The monoisotopic (exact) mass is 295 g/mol. The zero-order valence-electron chi connectivity index (χ0n) is 11.3. The molecule has 7 heteroatoms. The number of hydrogen-bond donors (Lipinski definition) is 0. The van der Waals surface area contributed by atoms with Crippen molar-refractivity contribution in [3.8, 4) is 0 Å². The molecule has 0 radical (unpaired) electrons. The number of amides is 1. The molecule has 2 aliphatic rings. The molecule has 0 unspecified atom stereocenters. The Labute approximate surface area is 118 Å². The first-order valence-electron chi connectivity index (χ1n) is 6.66. The van der Waals surface area contributed by atoms with Gasteiger partial charge in [0.1, 0.15) is 0 Å². The molecule has 6 nitrogen and oxygen atoms in total. The lowest BCUT2D eigenvalue weighted by atomic mass is 10.1. The third kappa shape index (κ3) is 2.31. The highest BCUT2D eigenvalue weighted by molar-refractivity contribution is 7.88. The van der Waals surface area contributed by atoms with E-state index in [1.54, 1.807) is 23.4 Å². The second-order valence-corrected chi connectivity index (χ2v) is 7.29. The second-order valence-electron chi connectivity index (χ2n) is 5.40. The van der Waals surface area contributed by atoms with Gasteiger partial charge in [0.2, 0.25) is 15.9 Å². The molecular weight excluding hydrogens is 278 g/mol. The number of nitrogens with zero attached hydrogens (tertiary/aromatic N) is 3.